The van der Waals surface area contributed by atoms with Crippen molar-refractivity contribution in [3.8, 4) is 5.75 Å². The van der Waals surface area contributed by atoms with Gasteiger partial charge in [0.2, 0.25) is 5.91 Å². The molecule has 2 aliphatic rings. The molecule has 2 heterocycles. The molecule has 1 unspecified atom stereocenters. The first-order valence-corrected chi connectivity index (χ1v) is 11.4. The fourth-order valence-corrected chi connectivity index (χ4v) is 4.90. The summed E-state index contributed by atoms with van der Waals surface area (Å²) in [6, 6.07) is 10.5. The lowest BCUT2D eigenvalue weighted by atomic mass is 9.98. The Morgan fingerprint density at radius 1 is 1.03 bits per heavy atom. The molecule has 0 aromatic heterocycles. The van der Waals surface area contributed by atoms with Gasteiger partial charge in [-0.05, 0) is 64.1 Å². The Hall–Kier alpha value is -2.60. The molecule has 2 fully saturated rings. The van der Waals surface area contributed by atoms with E-state index in [0.29, 0.717) is 24.9 Å². The van der Waals surface area contributed by atoms with Crippen LogP contribution < -0.4 is 5.32 Å². The van der Waals surface area contributed by atoms with Crippen molar-refractivity contribution in [3.05, 3.63) is 42.0 Å². The molecule has 0 radical (unpaired) electrons. The molecule has 2 aromatic carbocycles. The Balaban J connectivity index is 1.45. The van der Waals surface area contributed by atoms with Crippen LogP contribution in [-0.4, -0.2) is 64.5 Å². The summed E-state index contributed by atoms with van der Waals surface area (Å²) in [7, 11) is 0. The Labute approximate surface area is 184 Å². The lowest BCUT2D eigenvalue weighted by Gasteiger charge is -2.41. The number of carbonyl (C=O) groups excluding carboxylic acids is 2. The monoisotopic (exact) mass is 423 g/mol. The number of fused-ring (bicyclic) bond motifs is 1. The van der Waals surface area contributed by atoms with E-state index in [1.807, 2.05) is 24.3 Å². The summed E-state index contributed by atoms with van der Waals surface area (Å²) in [4.78, 5) is 30.3. The molecule has 1 atom stereocenters. The van der Waals surface area contributed by atoms with Crippen molar-refractivity contribution < 1.29 is 14.7 Å². The zero-order chi connectivity index (χ0) is 22.0. The number of likely N-dealkylation sites (tertiary alicyclic amines) is 2. The van der Waals surface area contributed by atoms with Crippen LogP contribution in [0.3, 0.4) is 0 Å². The molecule has 2 aromatic rings. The lowest BCUT2D eigenvalue weighted by Crippen LogP contribution is -2.55. The minimum Gasteiger partial charge on any atom is -0.506 e. The number of benzene rings is 2. The first kappa shape index (κ1) is 21.6. The third-order valence-electron chi connectivity index (χ3n) is 6.85. The highest BCUT2D eigenvalue weighted by molar-refractivity contribution is 6.05. The number of piperidine rings is 1. The number of hydrogen-bond donors (Lipinski definition) is 2. The van der Waals surface area contributed by atoms with Gasteiger partial charge in [-0.15, -0.1) is 0 Å². The Morgan fingerprint density at radius 2 is 1.77 bits per heavy atom. The minimum absolute atomic E-state index is 0.0135. The molecular formula is C25H33N3O3. The lowest BCUT2D eigenvalue weighted by molar-refractivity contribution is -0.125. The van der Waals surface area contributed by atoms with Gasteiger partial charge < -0.3 is 15.3 Å². The van der Waals surface area contributed by atoms with Gasteiger partial charge in [-0.2, -0.15) is 0 Å². The molecular weight excluding hydrogens is 390 g/mol. The van der Waals surface area contributed by atoms with Crippen molar-refractivity contribution in [3.63, 3.8) is 0 Å². The Bertz CT molecular complexity index is 966. The van der Waals surface area contributed by atoms with Gasteiger partial charge in [0.25, 0.3) is 5.91 Å². The number of nitrogens with one attached hydrogen (secondary N) is 1. The number of aromatic hydroxyl groups is 1. The van der Waals surface area contributed by atoms with E-state index in [0.717, 1.165) is 24.9 Å². The minimum atomic E-state index is -0.490. The topological polar surface area (TPSA) is 72.9 Å². The molecule has 0 saturated carbocycles. The van der Waals surface area contributed by atoms with Crippen LogP contribution in [0.2, 0.25) is 0 Å². The van der Waals surface area contributed by atoms with E-state index in [1.54, 1.807) is 17.0 Å². The van der Waals surface area contributed by atoms with Gasteiger partial charge in [0.1, 0.15) is 11.8 Å². The summed E-state index contributed by atoms with van der Waals surface area (Å²) in [6.45, 7) is 7.56. The number of phenolic OH excluding ortho intramolecular Hbond substituents is 1. The number of nitrogens with zero attached hydrogens (tertiary/aromatic N) is 2. The Kier molecular flexibility index (Phi) is 6.19. The molecule has 4 rings (SSSR count). The predicted molar refractivity (Wildman–Crippen MR) is 122 cm³/mol. The van der Waals surface area contributed by atoms with Crippen LogP contribution in [0.5, 0.6) is 5.75 Å². The largest absolute Gasteiger partial charge is 0.506 e. The fourth-order valence-electron chi connectivity index (χ4n) is 4.90. The number of phenols is 1. The number of rotatable bonds is 5. The first-order chi connectivity index (χ1) is 14.9. The number of hydrogen-bond acceptors (Lipinski definition) is 4. The molecule has 6 nitrogen and oxygen atoms in total. The summed E-state index contributed by atoms with van der Waals surface area (Å²) in [6.07, 6.45) is 5.12. The van der Waals surface area contributed by atoms with Crippen LogP contribution >= 0.6 is 0 Å². The van der Waals surface area contributed by atoms with Gasteiger partial charge in [0, 0.05) is 24.0 Å². The molecule has 2 amide bonds. The molecule has 6 heteroatoms. The van der Waals surface area contributed by atoms with Crippen LogP contribution in [0.1, 0.15) is 56.3 Å². The van der Waals surface area contributed by atoms with Crippen molar-refractivity contribution in [2.75, 3.05) is 26.2 Å². The van der Waals surface area contributed by atoms with Crippen LogP contribution in [0, 0.1) is 0 Å². The summed E-state index contributed by atoms with van der Waals surface area (Å²) in [5.41, 5.74) is 0.146. The normalized spacial score (nSPS) is 20.2. The SMILES string of the molecule is CC(C)(CNC(=O)C1CCCN1C(=O)c1ccc2ccccc2c1O)N1CCCCC1. The smallest absolute Gasteiger partial charge is 0.258 e. The van der Waals surface area contributed by atoms with Crippen molar-refractivity contribution in [2.24, 2.45) is 0 Å². The van der Waals surface area contributed by atoms with E-state index in [2.05, 4.69) is 24.1 Å². The molecule has 2 saturated heterocycles. The van der Waals surface area contributed by atoms with Gasteiger partial charge in [-0.3, -0.25) is 14.5 Å². The molecule has 0 aliphatic carbocycles. The van der Waals surface area contributed by atoms with Crippen molar-refractivity contribution >= 4 is 22.6 Å². The highest BCUT2D eigenvalue weighted by Gasteiger charge is 2.37. The fraction of sp³-hybridized carbons (Fsp3) is 0.520. The summed E-state index contributed by atoms with van der Waals surface area (Å²) in [5, 5.41) is 15.3. The summed E-state index contributed by atoms with van der Waals surface area (Å²) in [5.74, 6) is -0.396. The maximum absolute atomic E-state index is 13.3. The molecule has 2 N–H and O–H groups in total. The van der Waals surface area contributed by atoms with E-state index < -0.39 is 6.04 Å². The zero-order valence-corrected chi connectivity index (χ0v) is 18.6. The molecule has 2 aliphatic heterocycles. The average molecular weight is 424 g/mol. The maximum Gasteiger partial charge on any atom is 0.258 e. The van der Waals surface area contributed by atoms with Crippen LogP contribution in [0.4, 0.5) is 0 Å². The van der Waals surface area contributed by atoms with Crippen molar-refractivity contribution in [1.82, 2.24) is 15.1 Å². The first-order valence-electron chi connectivity index (χ1n) is 11.4. The maximum atomic E-state index is 13.3. The van der Waals surface area contributed by atoms with E-state index in [9.17, 15) is 14.7 Å². The third kappa shape index (κ3) is 4.40. The van der Waals surface area contributed by atoms with Crippen LogP contribution in [0.15, 0.2) is 36.4 Å². The second-order valence-corrected chi connectivity index (χ2v) is 9.42. The average Bonchev–Trinajstić information content (AvgIpc) is 3.28. The number of carbonyl (C=O) groups is 2. The molecule has 31 heavy (non-hydrogen) atoms. The summed E-state index contributed by atoms with van der Waals surface area (Å²) >= 11 is 0. The molecule has 166 valence electrons. The van der Waals surface area contributed by atoms with Crippen molar-refractivity contribution in [1.29, 1.82) is 0 Å². The number of amides is 2. The quantitative estimate of drug-likeness (QED) is 0.772. The second kappa shape index (κ2) is 8.87. The summed E-state index contributed by atoms with van der Waals surface area (Å²) < 4.78 is 0. The highest BCUT2D eigenvalue weighted by atomic mass is 16.3. The second-order valence-electron chi connectivity index (χ2n) is 9.42. The molecule has 0 spiro atoms. The van der Waals surface area contributed by atoms with E-state index in [4.69, 9.17) is 0 Å². The molecule has 0 bridgehead atoms. The predicted octanol–water partition coefficient (Wildman–Crippen LogP) is 3.53. The van der Waals surface area contributed by atoms with Crippen molar-refractivity contribution in [2.45, 2.75) is 57.5 Å². The van der Waals surface area contributed by atoms with Crippen LogP contribution in [-0.2, 0) is 4.79 Å². The van der Waals surface area contributed by atoms with Gasteiger partial charge in [0.15, 0.2) is 0 Å². The van der Waals surface area contributed by atoms with Crippen LogP contribution in [0.25, 0.3) is 10.8 Å². The van der Waals surface area contributed by atoms with E-state index in [-0.39, 0.29) is 28.7 Å². The van der Waals surface area contributed by atoms with E-state index in [1.165, 1.54) is 19.3 Å². The van der Waals surface area contributed by atoms with Gasteiger partial charge in [-0.1, -0.05) is 36.8 Å². The van der Waals surface area contributed by atoms with Gasteiger partial charge in [0.05, 0.1) is 5.56 Å². The Morgan fingerprint density at radius 3 is 2.55 bits per heavy atom. The van der Waals surface area contributed by atoms with Gasteiger partial charge >= 0.3 is 0 Å². The van der Waals surface area contributed by atoms with E-state index >= 15 is 0 Å². The standard InChI is InChI=1S/C25H33N3O3/c1-25(2,27-14-6-3-7-15-27)17-26-23(30)21-11-8-16-28(21)24(31)20-13-12-18-9-4-5-10-19(18)22(20)29/h4-5,9-10,12-13,21,29H,3,6-8,11,14-17H2,1-2H3,(H,26,30). The zero-order valence-electron chi connectivity index (χ0n) is 18.6. The highest BCUT2D eigenvalue weighted by Crippen LogP contribution is 2.31. The third-order valence-corrected chi connectivity index (χ3v) is 6.85. The van der Waals surface area contributed by atoms with Gasteiger partial charge in [-0.25, -0.2) is 0 Å².